The lowest BCUT2D eigenvalue weighted by Gasteiger charge is -2.22. The fourth-order valence-electron chi connectivity index (χ4n) is 7.36. The van der Waals surface area contributed by atoms with E-state index >= 15 is 0 Å². The van der Waals surface area contributed by atoms with Gasteiger partial charge in [-0.25, -0.2) is 0 Å². The molecule has 0 fully saturated rings. The van der Waals surface area contributed by atoms with Crippen molar-refractivity contribution in [3.05, 3.63) is 24.3 Å². The number of carboxylic acid groups (broad SMARTS) is 1. The first-order valence-electron chi connectivity index (χ1n) is 24.1. The summed E-state index contributed by atoms with van der Waals surface area (Å²) in [6.45, 7) is 6.12. The molecule has 6 heteroatoms. The molecule has 55 heavy (non-hydrogen) atoms. The molecule has 0 spiro atoms. The van der Waals surface area contributed by atoms with E-state index < -0.39 is 5.97 Å². The van der Waals surface area contributed by atoms with Crippen molar-refractivity contribution >= 4 is 11.9 Å². The molecule has 0 aliphatic rings. The van der Waals surface area contributed by atoms with Gasteiger partial charge in [-0.3, -0.25) is 9.59 Å². The molecule has 0 aromatic heterocycles. The van der Waals surface area contributed by atoms with Crippen LogP contribution in [0.4, 0.5) is 0 Å². The highest BCUT2D eigenvalue weighted by Gasteiger charge is 2.12. The molecular formula is C49H94N2O4. The van der Waals surface area contributed by atoms with Gasteiger partial charge in [0.25, 0.3) is 0 Å². The van der Waals surface area contributed by atoms with Crippen molar-refractivity contribution in [3.8, 4) is 0 Å². The molecule has 324 valence electrons. The fraction of sp³-hybridized carbons (Fsp3) is 0.878. The van der Waals surface area contributed by atoms with Crippen molar-refractivity contribution < 1.29 is 19.4 Å². The summed E-state index contributed by atoms with van der Waals surface area (Å²) < 4.78 is 5.41. The van der Waals surface area contributed by atoms with Gasteiger partial charge in [-0.2, -0.15) is 0 Å². The number of hydrogen-bond donors (Lipinski definition) is 3. The Morgan fingerprint density at radius 3 is 1.36 bits per heavy atom. The zero-order valence-corrected chi connectivity index (χ0v) is 36.8. The molecular weight excluding hydrogens is 681 g/mol. The lowest BCUT2D eigenvalue weighted by molar-refractivity contribution is -0.144. The van der Waals surface area contributed by atoms with E-state index in [-0.39, 0.29) is 12.0 Å². The Bertz CT molecular complexity index is 858. The Hall–Kier alpha value is -1.66. The van der Waals surface area contributed by atoms with Gasteiger partial charge in [0.05, 0.1) is 6.61 Å². The van der Waals surface area contributed by atoms with Gasteiger partial charge in [0, 0.05) is 24.9 Å². The van der Waals surface area contributed by atoms with Gasteiger partial charge in [-0.05, 0) is 96.9 Å². The number of nitrogens with two attached hydrogens (primary N) is 1. The average Bonchev–Trinajstić information content (AvgIpc) is 3.16. The van der Waals surface area contributed by atoms with Crippen LogP contribution >= 0.6 is 0 Å². The smallest absolute Gasteiger partial charge is 0.305 e. The quantitative estimate of drug-likeness (QED) is 0.0323. The summed E-state index contributed by atoms with van der Waals surface area (Å²) in [7, 11) is 0. The van der Waals surface area contributed by atoms with Crippen LogP contribution in [0.2, 0.25) is 0 Å². The highest BCUT2D eigenvalue weighted by Crippen LogP contribution is 2.14. The topological polar surface area (TPSA) is 102 Å². The van der Waals surface area contributed by atoms with Gasteiger partial charge >= 0.3 is 11.9 Å². The minimum Gasteiger partial charge on any atom is -0.481 e. The maximum absolute atomic E-state index is 11.9. The Labute approximate surface area is 342 Å². The first-order valence-corrected chi connectivity index (χ1v) is 24.1. The molecule has 0 aromatic rings. The van der Waals surface area contributed by atoms with Crippen LogP contribution in [0.3, 0.4) is 0 Å². The molecule has 4 N–H and O–H groups in total. The van der Waals surface area contributed by atoms with Gasteiger partial charge in [-0.15, -0.1) is 0 Å². The van der Waals surface area contributed by atoms with E-state index in [1.807, 2.05) is 0 Å². The molecule has 0 radical (unpaired) electrons. The Morgan fingerprint density at radius 2 is 0.909 bits per heavy atom. The maximum Gasteiger partial charge on any atom is 0.305 e. The van der Waals surface area contributed by atoms with Crippen molar-refractivity contribution in [1.29, 1.82) is 0 Å². The number of ether oxygens (including phenoxy) is 1. The van der Waals surface area contributed by atoms with Crippen molar-refractivity contribution in [2.75, 3.05) is 13.2 Å². The van der Waals surface area contributed by atoms with Gasteiger partial charge < -0.3 is 20.9 Å². The van der Waals surface area contributed by atoms with Crippen LogP contribution in [-0.2, 0) is 14.3 Å². The lowest BCUT2D eigenvalue weighted by Crippen LogP contribution is -2.43. The summed E-state index contributed by atoms with van der Waals surface area (Å²) in [6, 6.07) is 0.666. The number of allylic oxidation sites excluding steroid dienone is 4. The summed E-state index contributed by atoms with van der Waals surface area (Å²) in [5.74, 6) is -0.669. The number of unbranched alkanes of at least 4 members (excludes halogenated alkanes) is 29. The zero-order valence-electron chi connectivity index (χ0n) is 36.8. The standard InChI is InChI=1S/C49H94N2O4/c1-3-4-5-6-7-30-35-40-45-55-49(54)43-38-33-28-24-20-16-12-9-13-17-21-25-29-34-39-44-51-47(46(2)50)41-36-31-26-22-18-14-10-8-11-15-19-23-27-32-37-42-48(52)53/h8-9,11-12,46-47,51H,3-7,10,13-45,50H2,1-2H3,(H,52,53). The molecule has 2 unspecified atom stereocenters. The molecule has 0 rings (SSSR count). The van der Waals surface area contributed by atoms with Gasteiger partial charge in [0.1, 0.15) is 0 Å². The summed E-state index contributed by atoms with van der Waals surface area (Å²) in [5, 5.41) is 12.4. The number of esters is 1. The summed E-state index contributed by atoms with van der Waals surface area (Å²) in [6.07, 6.45) is 53.8. The molecule has 0 saturated carbocycles. The van der Waals surface area contributed by atoms with Crippen LogP contribution < -0.4 is 11.1 Å². The molecule has 6 nitrogen and oxygen atoms in total. The largest absolute Gasteiger partial charge is 0.481 e. The van der Waals surface area contributed by atoms with E-state index in [1.54, 1.807) is 0 Å². The SMILES string of the molecule is CCCCCCCCCCOC(=O)CCCCCCCC=CCCCCCCCCNC(CCCCCCCCC=CCCCCCCCC(=O)O)C(C)N. The summed E-state index contributed by atoms with van der Waals surface area (Å²) in [4.78, 5) is 22.4. The Balaban J connectivity index is 3.44. The number of carbonyl (C=O) groups is 2. The van der Waals surface area contributed by atoms with Crippen molar-refractivity contribution in [2.45, 2.75) is 264 Å². The van der Waals surface area contributed by atoms with Crippen LogP contribution in [0.1, 0.15) is 251 Å². The first-order chi connectivity index (χ1) is 27.0. The second-order valence-electron chi connectivity index (χ2n) is 16.7. The molecule has 0 saturated heterocycles. The fourth-order valence-corrected chi connectivity index (χ4v) is 7.36. The molecule has 0 bridgehead atoms. The van der Waals surface area contributed by atoms with Crippen molar-refractivity contribution in [1.82, 2.24) is 5.32 Å². The second-order valence-corrected chi connectivity index (χ2v) is 16.7. The number of carbonyl (C=O) groups excluding carboxylic acids is 1. The summed E-state index contributed by atoms with van der Waals surface area (Å²) in [5.41, 5.74) is 6.32. The monoisotopic (exact) mass is 775 g/mol. The van der Waals surface area contributed by atoms with Crippen LogP contribution in [0.5, 0.6) is 0 Å². The third kappa shape index (κ3) is 44.9. The highest BCUT2D eigenvalue weighted by molar-refractivity contribution is 5.69. The number of aliphatic carboxylic acids is 1. The van der Waals surface area contributed by atoms with E-state index in [1.165, 1.54) is 180 Å². The van der Waals surface area contributed by atoms with E-state index in [0.29, 0.717) is 25.5 Å². The van der Waals surface area contributed by atoms with Crippen molar-refractivity contribution in [3.63, 3.8) is 0 Å². The third-order valence-corrected chi connectivity index (χ3v) is 11.1. The average molecular weight is 775 g/mol. The second kappa shape index (κ2) is 45.0. The molecule has 0 amide bonds. The molecule has 2 atom stereocenters. The lowest BCUT2D eigenvalue weighted by atomic mass is 10.0. The van der Waals surface area contributed by atoms with Gasteiger partial charge in [0.15, 0.2) is 0 Å². The van der Waals surface area contributed by atoms with E-state index in [4.69, 9.17) is 15.6 Å². The van der Waals surface area contributed by atoms with Crippen LogP contribution in [-0.4, -0.2) is 42.3 Å². The van der Waals surface area contributed by atoms with E-state index in [2.05, 4.69) is 43.5 Å². The normalized spacial score (nSPS) is 12.9. The predicted octanol–water partition coefficient (Wildman–Crippen LogP) is 14.5. The number of hydrogen-bond acceptors (Lipinski definition) is 5. The molecule has 0 aromatic carbocycles. The van der Waals surface area contributed by atoms with Crippen LogP contribution in [0, 0.1) is 0 Å². The number of carboxylic acids is 1. The van der Waals surface area contributed by atoms with E-state index in [9.17, 15) is 9.59 Å². The van der Waals surface area contributed by atoms with E-state index in [0.717, 1.165) is 51.5 Å². The van der Waals surface area contributed by atoms with Gasteiger partial charge in [0.2, 0.25) is 0 Å². The molecule has 0 heterocycles. The minimum atomic E-state index is -0.671. The maximum atomic E-state index is 11.9. The zero-order chi connectivity index (χ0) is 40.1. The van der Waals surface area contributed by atoms with Crippen molar-refractivity contribution in [2.24, 2.45) is 5.73 Å². The predicted molar refractivity (Wildman–Crippen MR) is 239 cm³/mol. The number of rotatable bonds is 45. The Morgan fingerprint density at radius 1 is 0.527 bits per heavy atom. The van der Waals surface area contributed by atoms with Gasteiger partial charge in [-0.1, -0.05) is 172 Å². The van der Waals surface area contributed by atoms with Crippen LogP contribution in [0.15, 0.2) is 24.3 Å². The summed E-state index contributed by atoms with van der Waals surface area (Å²) >= 11 is 0. The Kier molecular flexibility index (Phi) is 43.7. The van der Waals surface area contributed by atoms with Crippen LogP contribution in [0.25, 0.3) is 0 Å². The first kappa shape index (κ1) is 53.3. The molecule has 0 aliphatic carbocycles. The molecule has 0 aliphatic heterocycles. The third-order valence-electron chi connectivity index (χ3n) is 11.1. The highest BCUT2D eigenvalue weighted by atomic mass is 16.5. The number of nitrogens with one attached hydrogen (secondary N) is 1. The minimum absolute atomic E-state index is 0.00128.